The van der Waals surface area contributed by atoms with Crippen LogP contribution in [0, 0.1) is 6.92 Å². The van der Waals surface area contributed by atoms with Crippen LogP contribution < -0.4 is 11.3 Å². The van der Waals surface area contributed by atoms with E-state index >= 15 is 0 Å². The molecule has 0 bridgehead atoms. The van der Waals surface area contributed by atoms with Crippen molar-refractivity contribution in [2.75, 3.05) is 5.43 Å². The van der Waals surface area contributed by atoms with Crippen LogP contribution in [0.15, 0.2) is 58.5 Å². The first-order valence-corrected chi connectivity index (χ1v) is 7.05. The van der Waals surface area contributed by atoms with E-state index < -0.39 is 0 Å². The number of rotatable bonds is 3. The van der Waals surface area contributed by atoms with Crippen LogP contribution in [0.5, 0.6) is 0 Å². The number of aryl methyl sites for hydroxylation is 1. The highest BCUT2D eigenvalue weighted by Crippen LogP contribution is 2.29. The number of aromatic nitrogens is 2. The Kier molecular flexibility index (Phi) is 3.54. The van der Waals surface area contributed by atoms with E-state index in [0.29, 0.717) is 5.95 Å². The van der Waals surface area contributed by atoms with Gasteiger partial charge in [0.1, 0.15) is 5.03 Å². The zero-order valence-electron chi connectivity index (χ0n) is 11.0. The van der Waals surface area contributed by atoms with Gasteiger partial charge in [-0.15, -0.1) is 0 Å². The molecule has 0 fully saturated rings. The molecule has 4 nitrogen and oxygen atoms in total. The summed E-state index contributed by atoms with van der Waals surface area (Å²) in [5.74, 6) is 5.81. The fourth-order valence-electron chi connectivity index (χ4n) is 2.01. The molecule has 0 aliphatic carbocycles. The van der Waals surface area contributed by atoms with Crippen LogP contribution in [0.25, 0.3) is 10.8 Å². The Bertz CT molecular complexity index is 758. The molecule has 0 aliphatic rings. The minimum Gasteiger partial charge on any atom is -0.292 e. The van der Waals surface area contributed by atoms with Crippen molar-refractivity contribution in [3.8, 4) is 0 Å². The molecule has 3 N–H and O–H groups in total. The number of nitrogens with one attached hydrogen (secondary N) is 1. The monoisotopic (exact) mass is 282 g/mol. The lowest BCUT2D eigenvalue weighted by atomic mass is 10.1. The summed E-state index contributed by atoms with van der Waals surface area (Å²) in [5, 5.41) is 3.33. The maximum atomic E-state index is 5.37. The lowest BCUT2D eigenvalue weighted by Gasteiger charge is -2.06. The van der Waals surface area contributed by atoms with Gasteiger partial charge in [0.05, 0.1) is 0 Å². The topological polar surface area (TPSA) is 63.8 Å². The third-order valence-electron chi connectivity index (χ3n) is 2.90. The van der Waals surface area contributed by atoms with E-state index in [9.17, 15) is 0 Å². The maximum Gasteiger partial charge on any atom is 0.238 e. The van der Waals surface area contributed by atoms with E-state index in [4.69, 9.17) is 5.84 Å². The average Bonchev–Trinajstić information content (AvgIpc) is 2.46. The molecule has 0 aliphatic heterocycles. The SMILES string of the molecule is Cc1cc(Sc2ccc3ccccc3c2)nc(NN)n1. The highest BCUT2D eigenvalue weighted by Gasteiger charge is 2.04. The zero-order valence-corrected chi connectivity index (χ0v) is 11.8. The third-order valence-corrected chi connectivity index (χ3v) is 3.81. The Morgan fingerprint density at radius 3 is 2.60 bits per heavy atom. The Balaban J connectivity index is 1.94. The van der Waals surface area contributed by atoms with Crippen molar-refractivity contribution in [2.24, 2.45) is 5.84 Å². The van der Waals surface area contributed by atoms with Gasteiger partial charge in [-0.3, -0.25) is 5.43 Å². The predicted molar refractivity (Wildman–Crippen MR) is 82.7 cm³/mol. The lowest BCUT2D eigenvalue weighted by molar-refractivity contribution is 0.994. The van der Waals surface area contributed by atoms with Crippen LogP contribution in [-0.2, 0) is 0 Å². The van der Waals surface area contributed by atoms with E-state index in [1.807, 2.05) is 25.1 Å². The second-order valence-corrected chi connectivity index (χ2v) is 5.52. The zero-order chi connectivity index (χ0) is 13.9. The fourth-order valence-corrected chi connectivity index (χ4v) is 2.93. The molecule has 0 spiro atoms. The van der Waals surface area contributed by atoms with Gasteiger partial charge in [-0.25, -0.2) is 15.8 Å². The first-order valence-electron chi connectivity index (χ1n) is 6.23. The van der Waals surface area contributed by atoms with Gasteiger partial charge in [0, 0.05) is 10.6 Å². The van der Waals surface area contributed by atoms with Crippen LogP contribution in [0.3, 0.4) is 0 Å². The standard InChI is InChI=1S/C15H14N4S/c1-10-8-14(18-15(17-10)19-16)20-13-7-6-11-4-2-3-5-12(11)9-13/h2-9H,16H2,1H3,(H,17,18,19). The third kappa shape index (κ3) is 2.74. The van der Waals surface area contributed by atoms with Crippen molar-refractivity contribution in [3.05, 3.63) is 54.2 Å². The summed E-state index contributed by atoms with van der Waals surface area (Å²) >= 11 is 1.60. The van der Waals surface area contributed by atoms with Crippen molar-refractivity contribution >= 4 is 28.5 Å². The summed E-state index contributed by atoms with van der Waals surface area (Å²) in [7, 11) is 0. The van der Waals surface area contributed by atoms with Crippen LogP contribution >= 0.6 is 11.8 Å². The number of hydrogen-bond acceptors (Lipinski definition) is 5. The number of hydrazine groups is 1. The molecule has 0 amide bonds. The van der Waals surface area contributed by atoms with E-state index in [1.54, 1.807) is 11.8 Å². The van der Waals surface area contributed by atoms with Crippen molar-refractivity contribution in [3.63, 3.8) is 0 Å². The molecule has 1 heterocycles. The first kappa shape index (κ1) is 12.9. The second-order valence-electron chi connectivity index (χ2n) is 4.43. The quantitative estimate of drug-likeness (QED) is 0.438. The molecule has 3 rings (SSSR count). The molecule has 0 saturated carbocycles. The highest BCUT2D eigenvalue weighted by molar-refractivity contribution is 7.99. The first-order chi connectivity index (χ1) is 9.74. The van der Waals surface area contributed by atoms with Crippen LogP contribution in [0.4, 0.5) is 5.95 Å². The van der Waals surface area contributed by atoms with E-state index in [-0.39, 0.29) is 0 Å². The van der Waals surface area contributed by atoms with Crippen LogP contribution in [0.1, 0.15) is 5.69 Å². The van der Waals surface area contributed by atoms with Gasteiger partial charge in [0.15, 0.2) is 0 Å². The number of anilines is 1. The lowest BCUT2D eigenvalue weighted by Crippen LogP contribution is -2.11. The molecule has 20 heavy (non-hydrogen) atoms. The highest BCUT2D eigenvalue weighted by atomic mass is 32.2. The molecule has 1 aromatic heterocycles. The van der Waals surface area contributed by atoms with E-state index in [1.165, 1.54) is 10.8 Å². The molecular weight excluding hydrogens is 268 g/mol. The summed E-state index contributed by atoms with van der Waals surface area (Å²) in [6.07, 6.45) is 0. The summed E-state index contributed by atoms with van der Waals surface area (Å²) in [6, 6.07) is 16.6. The maximum absolute atomic E-state index is 5.37. The molecule has 0 radical (unpaired) electrons. The summed E-state index contributed by atoms with van der Waals surface area (Å²) in [6.45, 7) is 1.92. The summed E-state index contributed by atoms with van der Waals surface area (Å²) in [4.78, 5) is 9.67. The normalized spacial score (nSPS) is 10.7. The van der Waals surface area contributed by atoms with Gasteiger partial charge in [-0.05, 0) is 35.9 Å². The Labute approximate surface area is 121 Å². The van der Waals surface area contributed by atoms with Crippen molar-refractivity contribution < 1.29 is 0 Å². The smallest absolute Gasteiger partial charge is 0.238 e. The molecule has 0 atom stereocenters. The summed E-state index contributed by atoms with van der Waals surface area (Å²) in [5.41, 5.74) is 3.37. The molecule has 2 aromatic carbocycles. The van der Waals surface area contributed by atoms with Gasteiger partial charge in [0.25, 0.3) is 0 Å². The number of nitrogen functional groups attached to an aromatic ring is 1. The average molecular weight is 282 g/mol. The van der Waals surface area contributed by atoms with Gasteiger partial charge in [0.2, 0.25) is 5.95 Å². The van der Waals surface area contributed by atoms with Gasteiger partial charge in [-0.2, -0.15) is 0 Å². The fraction of sp³-hybridized carbons (Fsp3) is 0.0667. The Morgan fingerprint density at radius 2 is 1.80 bits per heavy atom. The molecule has 0 unspecified atom stereocenters. The second kappa shape index (κ2) is 5.48. The molecule has 3 aromatic rings. The molecule has 0 saturated heterocycles. The number of fused-ring (bicyclic) bond motifs is 1. The van der Waals surface area contributed by atoms with Crippen LogP contribution in [-0.4, -0.2) is 9.97 Å². The summed E-state index contributed by atoms with van der Waals surface area (Å²) < 4.78 is 0. The van der Waals surface area contributed by atoms with Crippen molar-refractivity contribution in [2.45, 2.75) is 16.8 Å². The van der Waals surface area contributed by atoms with E-state index in [2.05, 4.69) is 45.7 Å². The van der Waals surface area contributed by atoms with Crippen molar-refractivity contribution in [1.82, 2.24) is 9.97 Å². The number of nitrogens with two attached hydrogens (primary N) is 1. The minimum absolute atomic E-state index is 0.438. The number of benzene rings is 2. The molecule has 5 heteroatoms. The van der Waals surface area contributed by atoms with Gasteiger partial charge in [-0.1, -0.05) is 42.1 Å². The predicted octanol–water partition coefficient (Wildman–Crippen LogP) is 3.38. The number of nitrogens with zero attached hydrogens (tertiary/aromatic N) is 2. The van der Waals surface area contributed by atoms with Crippen LogP contribution in [0.2, 0.25) is 0 Å². The Morgan fingerprint density at radius 1 is 1.00 bits per heavy atom. The largest absolute Gasteiger partial charge is 0.292 e. The number of hydrogen-bond donors (Lipinski definition) is 2. The van der Waals surface area contributed by atoms with E-state index in [0.717, 1.165) is 15.6 Å². The molecule has 100 valence electrons. The minimum atomic E-state index is 0.438. The van der Waals surface area contributed by atoms with Gasteiger partial charge >= 0.3 is 0 Å². The van der Waals surface area contributed by atoms with Crippen molar-refractivity contribution in [1.29, 1.82) is 0 Å². The molecular formula is C15H14N4S. The Hall–Kier alpha value is -2.11. The van der Waals surface area contributed by atoms with Gasteiger partial charge < -0.3 is 0 Å².